The summed E-state index contributed by atoms with van der Waals surface area (Å²) < 4.78 is 23.4. The van der Waals surface area contributed by atoms with Crippen LogP contribution in [0.15, 0.2) is 18.2 Å². The third-order valence-corrected chi connectivity index (χ3v) is 7.38. The number of benzene rings is 1. The SMILES string of the molecule is CC(C)NC(=O)C1CCC(Nc2cc(N3CCS(=O)(=O)CC3)ccc2[N+](=O)[O-])CC1. The maximum atomic E-state index is 12.2. The minimum Gasteiger partial charge on any atom is -0.377 e. The molecule has 166 valence electrons. The second-order valence-corrected chi connectivity index (χ2v) is 10.8. The zero-order chi connectivity index (χ0) is 21.9. The standard InChI is InChI=1S/C20H30N4O5S/c1-14(2)21-20(25)15-3-5-16(6-4-15)22-18-13-17(7-8-19(18)24(26)27)23-9-11-30(28,29)12-10-23/h7-8,13-16,22H,3-6,9-12H2,1-2H3,(H,21,25). The van der Waals surface area contributed by atoms with Gasteiger partial charge in [-0.15, -0.1) is 0 Å². The molecule has 0 atom stereocenters. The summed E-state index contributed by atoms with van der Waals surface area (Å²) in [5.74, 6) is 0.253. The minimum atomic E-state index is -3.00. The number of nitrogens with zero attached hydrogens (tertiary/aromatic N) is 2. The Bertz CT molecular complexity index is 880. The molecule has 2 N–H and O–H groups in total. The summed E-state index contributed by atoms with van der Waals surface area (Å²) in [4.78, 5) is 25.3. The maximum absolute atomic E-state index is 12.2. The lowest BCUT2D eigenvalue weighted by Crippen LogP contribution is -2.40. The van der Waals surface area contributed by atoms with E-state index in [4.69, 9.17) is 0 Å². The summed E-state index contributed by atoms with van der Waals surface area (Å²) in [5.41, 5.74) is 1.23. The first-order valence-electron chi connectivity index (χ1n) is 10.5. The third-order valence-electron chi connectivity index (χ3n) is 5.77. The van der Waals surface area contributed by atoms with Crippen LogP contribution in [0.4, 0.5) is 17.1 Å². The number of nitrogens with one attached hydrogen (secondary N) is 2. The van der Waals surface area contributed by atoms with Crippen LogP contribution in [0.2, 0.25) is 0 Å². The number of sulfone groups is 1. The smallest absolute Gasteiger partial charge is 0.292 e. The lowest BCUT2D eigenvalue weighted by Gasteiger charge is -2.31. The first-order valence-corrected chi connectivity index (χ1v) is 12.3. The molecule has 0 aromatic heterocycles. The third kappa shape index (κ3) is 5.62. The van der Waals surface area contributed by atoms with Gasteiger partial charge in [0.1, 0.15) is 5.69 Å². The topological polar surface area (TPSA) is 122 Å². The first kappa shape index (κ1) is 22.3. The van der Waals surface area contributed by atoms with Gasteiger partial charge in [-0.2, -0.15) is 0 Å². The molecule has 10 heteroatoms. The zero-order valence-electron chi connectivity index (χ0n) is 17.5. The Kier molecular flexibility index (Phi) is 6.84. The van der Waals surface area contributed by atoms with Crippen molar-refractivity contribution in [3.8, 4) is 0 Å². The van der Waals surface area contributed by atoms with Gasteiger partial charge < -0.3 is 15.5 Å². The number of amides is 1. The summed E-state index contributed by atoms with van der Waals surface area (Å²) in [6.07, 6.45) is 3.01. The molecule has 0 spiro atoms. The van der Waals surface area contributed by atoms with E-state index in [-0.39, 0.29) is 41.1 Å². The average molecular weight is 439 g/mol. The molecule has 1 heterocycles. The van der Waals surface area contributed by atoms with E-state index in [9.17, 15) is 23.3 Å². The minimum absolute atomic E-state index is 0.00283. The Labute approximate surface area is 177 Å². The molecule has 1 aliphatic carbocycles. The van der Waals surface area contributed by atoms with Crippen molar-refractivity contribution in [3.05, 3.63) is 28.3 Å². The summed E-state index contributed by atoms with van der Waals surface area (Å²) in [6, 6.07) is 5.07. The fraction of sp³-hybridized carbons (Fsp3) is 0.650. The van der Waals surface area contributed by atoms with Gasteiger partial charge in [0.05, 0.1) is 16.4 Å². The average Bonchev–Trinajstić information content (AvgIpc) is 2.67. The summed E-state index contributed by atoms with van der Waals surface area (Å²) in [6.45, 7) is 4.65. The monoisotopic (exact) mass is 438 g/mol. The number of nitro groups is 1. The van der Waals surface area contributed by atoms with Crippen LogP contribution in [-0.2, 0) is 14.6 Å². The number of anilines is 2. The van der Waals surface area contributed by atoms with Gasteiger partial charge in [0.15, 0.2) is 9.84 Å². The van der Waals surface area contributed by atoms with E-state index in [1.807, 2.05) is 18.7 Å². The fourth-order valence-corrected chi connectivity index (χ4v) is 5.29. The van der Waals surface area contributed by atoms with Crippen molar-refractivity contribution in [2.45, 2.75) is 51.6 Å². The van der Waals surface area contributed by atoms with E-state index in [2.05, 4.69) is 10.6 Å². The summed E-state index contributed by atoms with van der Waals surface area (Å²) in [7, 11) is -3.00. The largest absolute Gasteiger partial charge is 0.377 e. The number of hydrogen-bond acceptors (Lipinski definition) is 7. The van der Waals surface area contributed by atoms with Crippen molar-refractivity contribution in [2.75, 3.05) is 34.8 Å². The molecule has 0 radical (unpaired) electrons. The van der Waals surface area contributed by atoms with E-state index in [1.54, 1.807) is 12.1 Å². The van der Waals surface area contributed by atoms with Gasteiger partial charge in [-0.3, -0.25) is 14.9 Å². The molecule has 0 unspecified atom stereocenters. The molecule has 2 aliphatic rings. The highest BCUT2D eigenvalue weighted by Gasteiger charge is 2.28. The van der Waals surface area contributed by atoms with Crippen molar-refractivity contribution in [3.63, 3.8) is 0 Å². The van der Waals surface area contributed by atoms with Gasteiger partial charge in [0.25, 0.3) is 5.69 Å². The van der Waals surface area contributed by atoms with Crippen LogP contribution in [0, 0.1) is 16.0 Å². The molecule has 1 aromatic rings. The van der Waals surface area contributed by atoms with Crippen LogP contribution in [0.3, 0.4) is 0 Å². The number of rotatable bonds is 6. The number of carbonyl (C=O) groups is 1. The number of nitro benzene ring substituents is 1. The van der Waals surface area contributed by atoms with Crippen LogP contribution < -0.4 is 15.5 Å². The molecule has 1 aliphatic heterocycles. The molecule has 3 rings (SSSR count). The Morgan fingerprint density at radius 1 is 1.17 bits per heavy atom. The Morgan fingerprint density at radius 3 is 2.37 bits per heavy atom. The van der Waals surface area contributed by atoms with Gasteiger partial charge in [-0.05, 0) is 51.7 Å². The van der Waals surface area contributed by atoms with Crippen molar-refractivity contribution >= 4 is 32.8 Å². The molecule has 1 aromatic carbocycles. The summed E-state index contributed by atoms with van der Waals surface area (Å²) in [5, 5.41) is 17.8. The van der Waals surface area contributed by atoms with Crippen molar-refractivity contribution < 1.29 is 18.1 Å². The predicted molar refractivity (Wildman–Crippen MR) is 117 cm³/mol. The Hall–Kier alpha value is -2.36. The van der Waals surface area contributed by atoms with Gasteiger partial charge >= 0.3 is 0 Å². The quantitative estimate of drug-likeness (QED) is 0.516. The molecule has 1 saturated carbocycles. The lowest BCUT2D eigenvalue weighted by atomic mass is 9.85. The normalized spacial score (nSPS) is 23.8. The molecule has 2 fully saturated rings. The van der Waals surface area contributed by atoms with Gasteiger partial charge in [0.2, 0.25) is 5.91 Å². The van der Waals surface area contributed by atoms with Crippen LogP contribution in [0.1, 0.15) is 39.5 Å². The van der Waals surface area contributed by atoms with E-state index >= 15 is 0 Å². The summed E-state index contributed by atoms with van der Waals surface area (Å²) >= 11 is 0. The van der Waals surface area contributed by atoms with Gasteiger partial charge in [-0.1, -0.05) is 0 Å². The first-order chi connectivity index (χ1) is 14.1. The van der Waals surface area contributed by atoms with Crippen LogP contribution in [-0.4, -0.2) is 55.9 Å². The van der Waals surface area contributed by atoms with Crippen LogP contribution >= 0.6 is 0 Å². The predicted octanol–water partition coefficient (Wildman–Crippen LogP) is 2.32. The molecule has 0 bridgehead atoms. The van der Waals surface area contributed by atoms with E-state index in [1.165, 1.54) is 6.07 Å². The molecule has 1 amide bonds. The van der Waals surface area contributed by atoms with Crippen LogP contribution in [0.5, 0.6) is 0 Å². The highest BCUT2D eigenvalue weighted by molar-refractivity contribution is 7.91. The highest BCUT2D eigenvalue weighted by atomic mass is 32.2. The van der Waals surface area contributed by atoms with E-state index < -0.39 is 14.8 Å². The van der Waals surface area contributed by atoms with Gasteiger partial charge in [0, 0.05) is 42.8 Å². The van der Waals surface area contributed by atoms with Crippen molar-refractivity contribution in [1.82, 2.24) is 5.32 Å². The number of hydrogen-bond donors (Lipinski definition) is 2. The second kappa shape index (κ2) is 9.20. The van der Waals surface area contributed by atoms with E-state index in [0.29, 0.717) is 18.8 Å². The maximum Gasteiger partial charge on any atom is 0.292 e. The molecular formula is C20H30N4O5S. The fourth-order valence-electron chi connectivity index (χ4n) is 4.09. The second-order valence-electron chi connectivity index (χ2n) is 8.45. The zero-order valence-corrected chi connectivity index (χ0v) is 18.3. The number of carbonyl (C=O) groups excluding carboxylic acids is 1. The van der Waals surface area contributed by atoms with Crippen molar-refractivity contribution in [2.24, 2.45) is 5.92 Å². The van der Waals surface area contributed by atoms with E-state index in [0.717, 1.165) is 31.4 Å². The Balaban J connectivity index is 1.67. The molecule has 30 heavy (non-hydrogen) atoms. The van der Waals surface area contributed by atoms with Gasteiger partial charge in [-0.25, -0.2) is 8.42 Å². The molecule has 1 saturated heterocycles. The van der Waals surface area contributed by atoms with Crippen LogP contribution in [0.25, 0.3) is 0 Å². The highest BCUT2D eigenvalue weighted by Crippen LogP contribution is 2.34. The van der Waals surface area contributed by atoms with Crippen molar-refractivity contribution in [1.29, 1.82) is 0 Å². The lowest BCUT2D eigenvalue weighted by molar-refractivity contribution is -0.384. The molecule has 9 nitrogen and oxygen atoms in total. The molecular weight excluding hydrogens is 408 g/mol. The Morgan fingerprint density at radius 2 is 1.80 bits per heavy atom.